The second-order valence-corrected chi connectivity index (χ2v) is 17.9. The van der Waals surface area contributed by atoms with E-state index < -0.39 is 0 Å². The molecule has 0 aliphatic heterocycles. The zero-order chi connectivity index (χ0) is 44.3. The van der Waals surface area contributed by atoms with Crippen LogP contribution in [0.15, 0.2) is 199 Å². The van der Waals surface area contributed by atoms with E-state index in [1.165, 1.54) is 61.0 Å². The highest BCUT2D eigenvalue weighted by Gasteiger charge is 2.24. The number of hydrogen-bond donors (Lipinski definition) is 0. The summed E-state index contributed by atoms with van der Waals surface area (Å²) in [6.45, 7) is 13.1. The molecule has 3 heteroatoms. The maximum absolute atomic E-state index is 7.23. The highest BCUT2D eigenvalue weighted by Crippen LogP contribution is 2.48. The molecule has 314 valence electrons. The van der Waals surface area contributed by atoms with Gasteiger partial charge in [0.1, 0.15) is 5.58 Å². The van der Waals surface area contributed by atoms with E-state index in [0.29, 0.717) is 0 Å². The summed E-state index contributed by atoms with van der Waals surface area (Å²) >= 11 is 0. The molecule has 0 saturated carbocycles. The molecule has 0 bridgehead atoms. The van der Waals surface area contributed by atoms with Crippen molar-refractivity contribution in [1.29, 1.82) is 0 Å². The molecule has 3 nitrogen and oxygen atoms in total. The van der Waals surface area contributed by atoms with Crippen molar-refractivity contribution in [2.24, 2.45) is 0 Å². The van der Waals surface area contributed by atoms with Gasteiger partial charge in [-0.2, -0.15) is 0 Å². The van der Waals surface area contributed by atoms with Crippen LogP contribution >= 0.6 is 0 Å². The van der Waals surface area contributed by atoms with Gasteiger partial charge in [-0.25, -0.2) is 0 Å². The van der Waals surface area contributed by atoms with E-state index in [1.54, 1.807) is 0 Å². The number of nitrogens with zero attached hydrogens (tertiary/aromatic N) is 2. The predicted molar refractivity (Wildman–Crippen MR) is 277 cm³/mol. The zero-order valence-electron chi connectivity index (χ0n) is 37.8. The van der Waals surface area contributed by atoms with Crippen molar-refractivity contribution < 1.29 is 4.42 Å². The van der Waals surface area contributed by atoms with E-state index in [0.717, 1.165) is 72.2 Å². The molecule has 0 aliphatic rings. The van der Waals surface area contributed by atoms with Gasteiger partial charge < -0.3 is 14.2 Å². The van der Waals surface area contributed by atoms with Crippen molar-refractivity contribution >= 4 is 77.6 Å². The van der Waals surface area contributed by atoms with E-state index in [1.807, 2.05) is 0 Å². The Hall–Kier alpha value is -7.88. The quantitative estimate of drug-likeness (QED) is 0.152. The van der Waals surface area contributed by atoms with Gasteiger partial charge in [0.15, 0.2) is 5.58 Å². The molecule has 1 aromatic heterocycles. The largest absolute Gasteiger partial charge is 0.454 e. The molecule has 0 spiro atoms. The van der Waals surface area contributed by atoms with Gasteiger partial charge in [0.2, 0.25) is 0 Å². The fourth-order valence-electron chi connectivity index (χ4n) is 10.0. The third-order valence-corrected chi connectivity index (χ3v) is 12.9. The monoisotopic (exact) mass is 838 g/mol. The average molecular weight is 839 g/mol. The third kappa shape index (κ3) is 7.29. The van der Waals surface area contributed by atoms with E-state index in [9.17, 15) is 0 Å². The molecule has 11 rings (SSSR count). The standard InChI is InChI=1S/C62H50N2O/c1-39-27-40(2)30-49(29-39)45-18-13-20-52(33-45)63(57-23-11-7-15-43(57)5)54-26-25-47-36-56-60(38-51(47)35-54)65-62-59(37-48-17-9-10-22-55(48)61(56)62)64(58-24-12-8-16-44(58)6)53-21-14-19-46(34-53)50-31-41(3)28-42(4)32-50/h7-38H,1-6H3. The SMILES string of the molecule is Cc1cc(C)cc(-c2cccc(N(c3ccc4cc5c(cc4c3)oc3c(N(c4cccc(-c6cc(C)cc(C)c6)c4)c4ccccc4C)cc4ccccc4c35)c3ccccc3C)c2)c1. The van der Waals surface area contributed by atoms with Gasteiger partial charge in [-0.1, -0.05) is 150 Å². The number of fused-ring (bicyclic) bond motifs is 6. The summed E-state index contributed by atoms with van der Waals surface area (Å²) in [7, 11) is 0. The zero-order valence-corrected chi connectivity index (χ0v) is 37.8. The van der Waals surface area contributed by atoms with Gasteiger partial charge in [-0.05, 0) is 163 Å². The van der Waals surface area contributed by atoms with Crippen LogP contribution in [0.2, 0.25) is 0 Å². The summed E-state index contributed by atoms with van der Waals surface area (Å²) in [5, 5.41) is 6.82. The number of aryl methyl sites for hydroxylation is 6. The van der Waals surface area contributed by atoms with Crippen molar-refractivity contribution in [3.05, 3.63) is 228 Å². The van der Waals surface area contributed by atoms with E-state index in [-0.39, 0.29) is 0 Å². The Bertz CT molecular complexity index is 3610. The second-order valence-electron chi connectivity index (χ2n) is 17.9. The first-order chi connectivity index (χ1) is 31.6. The fraction of sp³-hybridized carbons (Fsp3) is 0.0968. The molecule has 0 saturated heterocycles. The lowest BCUT2D eigenvalue weighted by Gasteiger charge is -2.28. The molecule has 1 heterocycles. The van der Waals surface area contributed by atoms with Crippen LogP contribution in [-0.4, -0.2) is 0 Å². The number of benzene rings is 10. The molecule has 0 amide bonds. The van der Waals surface area contributed by atoms with Crippen LogP contribution in [-0.2, 0) is 0 Å². The number of hydrogen-bond acceptors (Lipinski definition) is 3. The Labute approximate surface area is 381 Å². The summed E-state index contributed by atoms with van der Waals surface area (Å²) < 4.78 is 7.23. The Morgan fingerprint density at radius 1 is 0.323 bits per heavy atom. The van der Waals surface area contributed by atoms with E-state index in [2.05, 4.69) is 245 Å². The molecule has 0 fully saturated rings. The van der Waals surface area contributed by atoms with Crippen LogP contribution in [0.3, 0.4) is 0 Å². The molecule has 65 heavy (non-hydrogen) atoms. The lowest BCUT2D eigenvalue weighted by atomic mass is 9.98. The minimum atomic E-state index is 0.857. The highest BCUT2D eigenvalue weighted by atomic mass is 16.3. The normalized spacial score (nSPS) is 11.5. The second kappa shape index (κ2) is 16.0. The van der Waals surface area contributed by atoms with Crippen LogP contribution in [0, 0.1) is 41.5 Å². The van der Waals surface area contributed by atoms with Crippen LogP contribution in [0.1, 0.15) is 33.4 Å². The Morgan fingerprint density at radius 2 is 0.862 bits per heavy atom. The lowest BCUT2D eigenvalue weighted by Crippen LogP contribution is -2.12. The number of para-hydroxylation sites is 2. The molecule has 11 aromatic rings. The molecule has 0 unspecified atom stereocenters. The van der Waals surface area contributed by atoms with Crippen molar-refractivity contribution in [2.45, 2.75) is 41.5 Å². The molecule has 0 radical (unpaired) electrons. The average Bonchev–Trinajstić information content (AvgIpc) is 3.68. The van der Waals surface area contributed by atoms with Crippen LogP contribution in [0.25, 0.3) is 65.7 Å². The Morgan fingerprint density at radius 3 is 1.48 bits per heavy atom. The van der Waals surface area contributed by atoms with E-state index in [4.69, 9.17) is 4.42 Å². The van der Waals surface area contributed by atoms with Gasteiger partial charge in [0, 0.05) is 39.2 Å². The molecule has 10 aromatic carbocycles. The number of furan rings is 1. The van der Waals surface area contributed by atoms with Crippen LogP contribution < -0.4 is 9.80 Å². The summed E-state index contributed by atoms with van der Waals surface area (Å²) in [6, 6.07) is 71.2. The smallest absolute Gasteiger partial charge is 0.160 e. The van der Waals surface area contributed by atoms with Gasteiger partial charge in [-0.3, -0.25) is 0 Å². The van der Waals surface area contributed by atoms with Crippen molar-refractivity contribution in [2.75, 3.05) is 9.80 Å². The van der Waals surface area contributed by atoms with Gasteiger partial charge in [-0.15, -0.1) is 0 Å². The number of rotatable bonds is 8. The van der Waals surface area contributed by atoms with Crippen molar-refractivity contribution in [1.82, 2.24) is 0 Å². The highest BCUT2D eigenvalue weighted by molar-refractivity contribution is 6.24. The fourth-order valence-corrected chi connectivity index (χ4v) is 10.0. The Kier molecular flexibility index (Phi) is 9.85. The molecule has 0 aliphatic carbocycles. The molecular formula is C62H50N2O. The first kappa shape index (κ1) is 39.9. The Balaban J connectivity index is 1.11. The summed E-state index contributed by atoms with van der Waals surface area (Å²) in [6.07, 6.45) is 0. The first-order valence-corrected chi connectivity index (χ1v) is 22.6. The maximum atomic E-state index is 7.23. The minimum Gasteiger partial charge on any atom is -0.454 e. The van der Waals surface area contributed by atoms with Gasteiger partial charge >= 0.3 is 0 Å². The number of anilines is 6. The predicted octanol–water partition coefficient (Wildman–Crippen LogP) is 18.0. The van der Waals surface area contributed by atoms with Crippen molar-refractivity contribution in [3.8, 4) is 22.3 Å². The first-order valence-electron chi connectivity index (χ1n) is 22.6. The van der Waals surface area contributed by atoms with Gasteiger partial charge in [0.25, 0.3) is 0 Å². The summed E-state index contributed by atoms with van der Waals surface area (Å²) in [4.78, 5) is 4.78. The molecular weight excluding hydrogens is 789 g/mol. The summed E-state index contributed by atoms with van der Waals surface area (Å²) in [5.74, 6) is 0. The topological polar surface area (TPSA) is 19.6 Å². The molecule has 0 atom stereocenters. The van der Waals surface area contributed by atoms with Crippen LogP contribution in [0.5, 0.6) is 0 Å². The van der Waals surface area contributed by atoms with Crippen LogP contribution in [0.4, 0.5) is 34.1 Å². The van der Waals surface area contributed by atoms with Gasteiger partial charge in [0.05, 0.1) is 5.69 Å². The third-order valence-electron chi connectivity index (χ3n) is 12.9. The summed E-state index contributed by atoms with van der Waals surface area (Å²) in [5.41, 5.74) is 20.4. The van der Waals surface area contributed by atoms with Crippen molar-refractivity contribution in [3.63, 3.8) is 0 Å². The minimum absolute atomic E-state index is 0.857. The van der Waals surface area contributed by atoms with E-state index >= 15 is 0 Å². The maximum Gasteiger partial charge on any atom is 0.160 e. The molecule has 0 N–H and O–H groups in total. The lowest BCUT2D eigenvalue weighted by molar-refractivity contribution is 0.670.